The van der Waals surface area contributed by atoms with E-state index in [2.05, 4.69) is 0 Å². The molecule has 0 bridgehead atoms. The van der Waals surface area contributed by atoms with Gasteiger partial charge in [-0.2, -0.15) is 13.2 Å². The molecule has 0 aromatic carbocycles. The molecule has 168 valence electrons. The summed E-state index contributed by atoms with van der Waals surface area (Å²) in [5, 5.41) is 3.48. The van der Waals surface area contributed by atoms with Crippen LogP contribution >= 0.6 is 11.3 Å². The molecule has 0 spiro atoms. The minimum absolute atomic E-state index is 0.0275. The number of carbonyl (C=O) groups is 3. The molecule has 1 aromatic heterocycles. The molecule has 1 saturated heterocycles. The first-order valence-corrected chi connectivity index (χ1v) is 11.0. The summed E-state index contributed by atoms with van der Waals surface area (Å²) in [6.45, 7) is 3.96. The van der Waals surface area contributed by atoms with Crippen molar-refractivity contribution in [2.24, 2.45) is 5.41 Å². The van der Waals surface area contributed by atoms with Gasteiger partial charge >= 0.3 is 6.18 Å². The third-order valence-corrected chi connectivity index (χ3v) is 6.87. The normalized spacial score (nSPS) is 28.3. The lowest BCUT2D eigenvalue weighted by molar-refractivity contribution is -0.191. The first kappa shape index (κ1) is 22.0. The molecule has 10 heteroatoms. The van der Waals surface area contributed by atoms with Gasteiger partial charge in [0.15, 0.2) is 5.78 Å². The zero-order valence-electron chi connectivity index (χ0n) is 17.2. The Kier molecular flexibility index (Phi) is 5.28. The van der Waals surface area contributed by atoms with Crippen molar-refractivity contribution >= 4 is 28.9 Å². The number of rotatable bonds is 4. The van der Waals surface area contributed by atoms with Crippen LogP contribution in [0.2, 0.25) is 0 Å². The number of ketones is 1. The fourth-order valence-corrected chi connectivity index (χ4v) is 5.27. The van der Waals surface area contributed by atoms with Gasteiger partial charge in [-0.25, -0.2) is 0 Å². The number of hydrogen-bond acceptors (Lipinski definition) is 5. The molecule has 1 N–H and O–H groups in total. The highest BCUT2D eigenvalue weighted by Crippen LogP contribution is 2.52. The average Bonchev–Trinajstić information content (AvgIpc) is 3.38. The maximum Gasteiger partial charge on any atom is 0.425 e. The van der Waals surface area contributed by atoms with E-state index in [4.69, 9.17) is 4.74 Å². The topological polar surface area (TPSA) is 75.7 Å². The van der Waals surface area contributed by atoms with Gasteiger partial charge in [0.1, 0.15) is 0 Å². The van der Waals surface area contributed by atoms with E-state index >= 15 is 0 Å². The number of ether oxygens (including phenoxy) is 1. The Morgan fingerprint density at radius 3 is 2.65 bits per heavy atom. The van der Waals surface area contributed by atoms with Crippen molar-refractivity contribution in [1.29, 1.82) is 0 Å². The molecular formula is C21H23F3N2O4S. The molecule has 2 aliphatic heterocycles. The van der Waals surface area contributed by atoms with Crippen molar-refractivity contribution in [2.45, 2.75) is 57.3 Å². The Balaban J connectivity index is 1.84. The molecule has 0 saturated carbocycles. The zero-order chi connectivity index (χ0) is 22.6. The van der Waals surface area contributed by atoms with Crippen molar-refractivity contribution in [3.8, 4) is 0 Å². The first-order valence-electron chi connectivity index (χ1n) is 10.1. The summed E-state index contributed by atoms with van der Waals surface area (Å²) in [5.74, 6) is -3.14. The van der Waals surface area contributed by atoms with Crippen LogP contribution < -0.4 is 5.32 Å². The third-order valence-electron chi connectivity index (χ3n) is 6.00. The minimum atomic E-state index is -5.19. The lowest BCUT2D eigenvalue weighted by Gasteiger charge is -2.35. The number of nitrogens with zero attached hydrogens (tertiary/aromatic N) is 1. The van der Waals surface area contributed by atoms with E-state index in [9.17, 15) is 27.6 Å². The van der Waals surface area contributed by atoms with Crippen LogP contribution in [0.25, 0.3) is 0 Å². The highest BCUT2D eigenvalue weighted by molar-refractivity contribution is 7.12. The molecule has 4 rings (SSSR count). The van der Waals surface area contributed by atoms with Gasteiger partial charge in [0.25, 0.3) is 11.8 Å². The van der Waals surface area contributed by atoms with Crippen LogP contribution in [0.3, 0.4) is 0 Å². The Morgan fingerprint density at radius 2 is 2.06 bits per heavy atom. The number of alkyl halides is 3. The quantitative estimate of drug-likeness (QED) is 0.753. The lowest BCUT2D eigenvalue weighted by atomic mass is 9.72. The molecule has 2 unspecified atom stereocenters. The van der Waals surface area contributed by atoms with Gasteiger partial charge < -0.3 is 15.0 Å². The largest absolute Gasteiger partial charge is 0.425 e. The van der Waals surface area contributed by atoms with Gasteiger partial charge in [0, 0.05) is 18.7 Å². The van der Waals surface area contributed by atoms with Crippen LogP contribution in [0.5, 0.6) is 0 Å². The van der Waals surface area contributed by atoms with E-state index in [1.165, 1.54) is 12.1 Å². The summed E-state index contributed by atoms with van der Waals surface area (Å²) in [7, 11) is 0. The Hall–Kier alpha value is -2.20. The zero-order valence-corrected chi connectivity index (χ0v) is 18.0. The maximum atomic E-state index is 14.6. The monoisotopic (exact) mass is 456 g/mol. The maximum absolute atomic E-state index is 14.6. The number of hydrogen-bond donors (Lipinski definition) is 1. The number of Topliss-reactive ketones (excluding diaryl/α,β-unsaturated/α-hetero) is 1. The highest BCUT2D eigenvalue weighted by atomic mass is 32.1. The standard InChI is InChI=1S/C21H23F3N2O4S/c1-19(2)9-13-16(14(27)10-19)20(21(22,23)24,25-17(28)15-6-4-8-31-15)18(29)26(13)11-12-5-3-7-30-12/h4,6,8,12H,3,5,7,9-11H2,1-2H3,(H,25,28). The third kappa shape index (κ3) is 3.59. The van der Waals surface area contributed by atoms with E-state index < -0.39 is 46.4 Å². The average molecular weight is 456 g/mol. The summed E-state index contributed by atoms with van der Waals surface area (Å²) < 4.78 is 49.4. The van der Waals surface area contributed by atoms with E-state index in [0.29, 0.717) is 13.0 Å². The molecule has 6 nitrogen and oxygen atoms in total. The van der Waals surface area contributed by atoms with Crippen LogP contribution in [0.1, 0.15) is 49.2 Å². The summed E-state index contributed by atoms with van der Waals surface area (Å²) in [6.07, 6.45) is -4.25. The van der Waals surface area contributed by atoms with Crippen molar-refractivity contribution in [1.82, 2.24) is 10.2 Å². The Labute approximate surface area is 181 Å². The second kappa shape index (κ2) is 7.44. The molecule has 1 aromatic rings. The van der Waals surface area contributed by atoms with Crippen LogP contribution in [0, 0.1) is 5.41 Å². The molecule has 3 heterocycles. The molecule has 2 amide bonds. The highest BCUT2D eigenvalue weighted by Gasteiger charge is 2.71. The minimum Gasteiger partial charge on any atom is -0.376 e. The van der Waals surface area contributed by atoms with E-state index in [-0.39, 0.29) is 30.0 Å². The van der Waals surface area contributed by atoms with Crippen LogP contribution in [-0.4, -0.2) is 53.5 Å². The molecular weight excluding hydrogens is 433 g/mol. The molecule has 31 heavy (non-hydrogen) atoms. The molecule has 1 aliphatic carbocycles. The van der Waals surface area contributed by atoms with E-state index in [1.807, 2.05) is 5.32 Å². The van der Waals surface area contributed by atoms with Gasteiger partial charge in [0.05, 0.1) is 23.1 Å². The fraction of sp³-hybridized carbons (Fsp3) is 0.571. The van der Waals surface area contributed by atoms with Gasteiger partial charge in [-0.15, -0.1) is 11.3 Å². The second-order valence-corrected chi connectivity index (χ2v) is 9.94. The number of thiophene rings is 1. The fourth-order valence-electron chi connectivity index (χ4n) is 4.65. The first-order chi connectivity index (χ1) is 14.5. The van der Waals surface area contributed by atoms with Crippen LogP contribution in [-0.2, 0) is 14.3 Å². The van der Waals surface area contributed by atoms with Crippen molar-refractivity contribution < 1.29 is 32.3 Å². The Bertz CT molecular complexity index is 948. The molecule has 3 aliphatic rings. The number of nitrogens with one attached hydrogen (secondary N) is 1. The van der Waals surface area contributed by atoms with Gasteiger partial charge in [-0.1, -0.05) is 19.9 Å². The van der Waals surface area contributed by atoms with Crippen LogP contribution in [0.15, 0.2) is 28.8 Å². The van der Waals surface area contributed by atoms with E-state index in [1.54, 1.807) is 19.2 Å². The van der Waals surface area contributed by atoms with Gasteiger partial charge in [-0.05, 0) is 36.1 Å². The lowest BCUT2D eigenvalue weighted by Crippen LogP contribution is -2.66. The molecule has 1 fully saturated rings. The number of carbonyl (C=O) groups excluding carboxylic acids is 3. The Morgan fingerprint density at radius 1 is 1.32 bits per heavy atom. The second-order valence-electron chi connectivity index (χ2n) is 8.99. The summed E-state index contributed by atoms with van der Waals surface area (Å²) in [5.41, 5.74) is -4.60. The van der Waals surface area contributed by atoms with Crippen LogP contribution in [0.4, 0.5) is 13.2 Å². The van der Waals surface area contributed by atoms with Gasteiger partial charge in [-0.3, -0.25) is 14.4 Å². The number of allylic oxidation sites excluding steroid dienone is 1. The predicted octanol–water partition coefficient (Wildman–Crippen LogP) is 3.44. The molecule has 0 radical (unpaired) electrons. The summed E-state index contributed by atoms with van der Waals surface area (Å²) in [6, 6.07) is 2.90. The number of amides is 2. The van der Waals surface area contributed by atoms with Crippen molar-refractivity contribution in [3.05, 3.63) is 33.7 Å². The summed E-state index contributed by atoms with van der Waals surface area (Å²) >= 11 is 0.957. The van der Waals surface area contributed by atoms with Crippen molar-refractivity contribution in [2.75, 3.05) is 13.2 Å². The number of halogens is 3. The predicted molar refractivity (Wildman–Crippen MR) is 106 cm³/mol. The SMILES string of the molecule is CC1(C)CC(=O)C2=C(C1)N(CC1CCCO1)C(=O)C2(NC(=O)c1cccs1)C(F)(F)F. The smallest absolute Gasteiger partial charge is 0.376 e. The summed E-state index contributed by atoms with van der Waals surface area (Å²) in [4.78, 5) is 40.2. The van der Waals surface area contributed by atoms with Gasteiger partial charge in [0.2, 0.25) is 5.54 Å². The van der Waals surface area contributed by atoms with Crippen molar-refractivity contribution in [3.63, 3.8) is 0 Å². The molecule has 2 atom stereocenters. The van der Waals surface area contributed by atoms with E-state index in [0.717, 1.165) is 22.7 Å².